The van der Waals surface area contributed by atoms with Gasteiger partial charge in [-0.3, -0.25) is 9.78 Å². The first-order valence-electron chi connectivity index (χ1n) is 8.89. The Hall–Kier alpha value is -3.14. The van der Waals surface area contributed by atoms with E-state index in [2.05, 4.69) is 41.6 Å². The molecule has 0 fully saturated rings. The van der Waals surface area contributed by atoms with E-state index in [9.17, 15) is 4.79 Å². The topological polar surface area (TPSA) is 54.0 Å². The van der Waals surface area contributed by atoms with Gasteiger partial charge >= 0.3 is 0 Å². The van der Waals surface area contributed by atoms with Crippen LogP contribution in [0.4, 0.5) is 17.1 Å². The van der Waals surface area contributed by atoms with E-state index in [1.807, 2.05) is 36.4 Å². The highest BCUT2D eigenvalue weighted by atomic mass is 16.1. The molecule has 0 saturated heterocycles. The Kier molecular flexibility index (Phi) is 5.64. The summed E-state index contributed by atoms with van der Waals surface area (Å²) in [6.45, 7) is 4.23. The van der Waals surface area contributed by atoms with Crippen LogP contribution in [0.1, 0.15) is 35.3 Å². The zero-order valence-corrected chi connectivity index (χ0v) is 15.1. The minimum Gasteiger partial charge on any atom is -0.354 e. The van der Waals surface area contributed by atoms with Gasteiger partial charge in [0.15, 0.2) is 0 Å². The summed E-state index contributed by atoms with van der Waals surface area (Å²) >= 11 is 0. The minimum absolute atomic E-state index is 0.174. The van der Waals surface area contributed by atoms with Crippen LogP contribution < -0.4 is 10.6 Å². The Morgan fingerprint density at radius 3 is 1.96 bits per heavy atom. The number of nitrogens with one attached hydrogen (secondary N) is 2. The number of benzene rings is 2. The van der Waals surface area contributed by atoms with E-state index in [1.54, 1.807) is 18.5 Å². The SMILES string of the molecule is CCc1ccc(NC(=O)c2cncc(Nc3ccc(CC)cc3)c2)cc1. The van der Waals surface area contributed by atoms with Crippen molar-refractivity contribution in [2.24, 2.45) is 0 Å². The molecule has 0 aliphatic carbocycles. The fraction of sp³-hybridized carbons (Fsp3) is 0.182. The van der Waals surface area contributed by atoms with Gasteiger partial charge in [0.1, 0.15) is 0 Å². The van der Waals surface area contributed by atoms with Crippen LogP contribution in [0.25, 0.3) is 0 Å². The third kappa shape index (κ3) is 4.48. The number of hydrogen-bond acceptors (Lipinski definition) is 3. The number of carbonyl (C=O) groups excluding carboxylic acids is 1. The van der Waals surface area contributed by atoms with Crippen LogP contribution in [0.5, 0.6) is 0 Å². The number of amides is 1. The highest BCUT2D eigenvalue weighted by molar-refractivity contribution is 6.04. The summed E-state index contributed by atoms with van der Waals surface area (Å²) in [7, 11) is 0. The molecule has 2 N–H and O–H groups in total. The molecule has 4 nitrogen and oxygen atoms in total. The smallest absolute Gasteiger partial charge is 0.257 e. The van der Waals surface area contributed by atoms with Gasteiger partial charge in [-0.1, -0.05) is 38.1 Å². The van der Waals surface area contributed by atoms with Crippen molar-refractivity contribution in [3.8, 4) is 0 Å². The minimum atomic E-state index is -0.174. The first-order chi connectivity index (χ1) is 12.7. The molecular weight excluding hydrogens is 322 g/mol. The predicted molar refractivity (Wildman–Crippen MR) is 107 cm³/mol. The molecule has 2 aromatic carbocycles. The summed E-state index contributed by atoms with van der Waals surface area (Å²) in [4.78, 5) is 16.7. The molecule has 0 aliphatic heterocycles. The Labute approximate surface area is 154 Å². The van der Waals surface area contributed by atoms with Crippen molar-refractivity contribution in [3.63, 3.8) is 0 Å². The Bertz CT molecular complexity index is 871. The molecule has 0 saturated carbocycles. The lowest BCUT2D eigenvalue weighted by Gasteiger charge is -2.09. The Morgan fingerprint density at radius 2 is 1.38 bits per heavy atom. The van der Waals surface area contributed by atoms with E-state index < -0.39 is 0 Å². The standard InChI is InChI=1S/C22H23N3O/c1-3-16-5-9-19(10-6-16)24-21-13-18(14-23-15-21)22(26)25-20-11-7-17(4-2)8-12-20/h5-15,24H,3-4H2,1-2H3,(H,25,26). The number of carbonyl (C=O) groups is 1. The van der Waals surface area contributed by atoms with Crippen molar-refractivity contribution in [3.05, 3.63) is 83.7 Å². The number of aromatic nitrogens is 1. The van der Waals surface area contributed by atoms with E-state index in [0.29, 0.717) is 5.56 Å². The highest BCUT2D eigenvalue weighted by Crippen LogP contribution is 2.18. The summed E-state index contributed by atoms with van der Waals surface area (Å²) in [6.07, 6.45) is 5.27. The summed E-state index contributed by atoms with van der Waals surface area (Å²) in [6, 6.07) is 17.9. The van der Waals surface area contributed by atoms with Crippen LogP contribution in [0.15, 0.2) is 67.0 Å². The first-order valence-corrected chi connectivity index (χ1v) is 8.89. The van der Waals surface area contributed by atoms with Crippen LogP contribution in [0, 0.1) is 0 Å². The van der Waals surface area contributed by atoms with Crippen molar-refractivity contribution in [1.29, 1.82) is 0 Å². The van der Waals surface area contributed by atoms with Crippen LogP contribution in [-0.2, 0) is 12.8 Å². The molecule has 1 heterocycles. The van der Waals surface area contributed by atoms with Gasteiger partial charge in [0, 0.05) is 17.6 Å². The lowest BCUT2D eigenvalue weighted by atomic mass is 10.1. The molecule has 132 valence electrons. The van der Waals surface area contributed by atoms with Gasteiger partial charge in [-0.25, -0.2) is 0 Å². The third-order valence-corrected chi connectivity index (χ3v) is 4.27. The second kappa shape index (κ2) is 8.30. The second-order valence-corrected chi connectivity index (χ2v) is 6.14. The molecule has 0 unspecified atom stereocenters. The molecule has 26 heavy (non-hydrogen) atoms. The van der Waals surface area contributed by atoms with Crippen molar-refractivity contribution in [2.45, 2.75) is 26.7 Å². The number of hydrogen-bond donors (Lipinski definition) is 2. The van der Waals surface area contributed by atoms with Crippen LogP contribution in [0.2, 0.25) is 0 Å². The van der Waals surface area contributed by atoms with Crippen LogP contribution in [0.3, 0.4) is 0 Å². The van der Waals surface area contributed by atoms with E-state index >= 15 is 0 Å². The summed E-state index contributed by atoms with van der Waals surface area (Å²) in [5, 5.41) is 6.20. The fourth-order valence-electron chi connectivity index (χ4n) is 2.65. The maximum Gasteiger partial charge on any atom is 0.257 e. The van der Waals surface area contributed by atoms with Gasteiger partial charge in [0.2, 0.25) is 0 Å². The van der Waals surface area contributed by atoms with Gasteiger partial charge in [-0.2, -0.15) is 0 Å². The molecule has 1 amide bonds. The monoisotopic (exact) mass is 345 g/mol. The molecule has 0 aliphatic rings. The number of nitrogens with zero attached hydrogens (tertiary/aromatic N) is 1. The first kappa shape index (κ1) is 17.7. The van der Waals surface area contributed by atoms with Gasteiger partial charge in [-0.05, 0) is 54.3 Å². The molecule has 0 bridgehead atoms. The average molecular weight is 345 g/mol. The summed E-state index contributed by atoms with van der Waals surface area (Å²) in [5.41, 5.74) is 5.57. The van der Waals surface area contributed by atoms with Crippen molar-refractivity contribution < 1.29 is 4.79 Å². The normalized spacial score (nSPS) is 10.4. The molecule has 1 aromatic heterocycles. The molecular formula is C22H23N3O. The lowest BCUT2D eigenvalue weighted by Crippen LogP contribution is -2.12. The number of aryl methyl sites for hydroxylation is 2. The van der Waals surface area contributed by atoms with Crippen LogP contribution >= 0.6 is 0 Å². The zero-order chi connectivity index (χ0) is 18.4. The highest BCUT2D eigenvalue weighted by Gasteiger charge is 2.08. The number of rotatable bonds is 6. The molecule has 4 heteroatoms. The largest absolute Gasteiger partial charge is 0.354 e. The molecule has 0 radical (unpaired) electrons. The number of pyridine rings is 1. The van der Waals surface area contributed by atoms with E-state index in [-0.39, 0.29) is 5.91 Å². The molecule has 3 aromatic rings. The van der Waals surface area contributed by atoms with E-state index in [0.717, 1.165) is 29.9 Å². The summed E-state index contributed by atoms with van der Waals surface area (Å²) < 4.78 is 0. The van der Waals surface area contributed by atoms with Gasteiger partial charge in [-0.15, -0.1) is 0 Å². The zero-order valence-electron chi connectivity index (χ0n) is 15.1. The Morgan fingerprint density at radius 1 is 0.808 bits per heavy atom. The fourth-order valence-corrected chi connectivity index (χ4v) is 2.65. The van der Waals surface area contributed by atoms with Gasteiger partial charge in [0.25, 0.3) is 5.91 Å². The maximum atomic E-state index is 12.5. The molecule has 0 spiro atoms. The van der Waals surface area contributed by atoms with Crippen molar-refractivity contribution in [1.82, 2.24) is 4.98 Å². The van der Waals surface area contributed by atoms with E-state index in [4.69, 9.17) is 0 Å². The third-order valence-electron chi connectivity index (χ3n) is 4.27. The van der Waals surface area contributed by atoms with Gasteiger partial charge in [0.05, 0.1) is 17.4 Å². The quantitative estimate of drug-likeness (QED) is 0.645. The molecule has 3 rings (SSSR count). The number of anilines is 3. The summed E-state index contributed by atoms with van der Waals surface area (Å²) in [5.74, 6) is -0.174. The Balaban J connectivity index is 1.69. The van der Waals surface area contributed by atoms with Crippen molar-refractivity contribution in [2.75, 3.05) is 10.6 Å². The van der Waals surface area contributed by atoms with Crippen LogP contribution in [-0.4, -0.2) is 10.9 Å². The van der Waals surface area contributed by atoms with Crippen molar-refractivity contribution >= 4 is 23.0 Å². The second-order valence-electron chi connectivity index (χ2n) is 6.14. The molecule has 0 atom stereocenters. The predicted octanol–water partition coefficient (Wildman–Crippen LogP) is 5.20. The maximum absolute atomic E-state index is 12.5. The van der Waals surface area contributed by atoms with Gasteiger partial charge < -0.3 is 10.6 Å². The van der Waals surface area contributed by atoms with E-state index in [1.165, 1.54) is 11.1 Å². The average Bonchev–Trinajstić information content (AvgIpc) is 2.69. The lowest BCUT2D eigenvalue weighted by molar-refractivity contribution is 0.102.